The van der Waals surface area contributed by atoms with Crippen molar-refractivity contribution in [2.45, 2.75) is 26.4 Å². The Labute approximate surface area is 105 Å². The molecule has 1 aromatic heterocycles. The Bertz CT molecular complexity index is 493. The minimum absolute atomic E-state index is 0.0207. The Morgan fingerprint density at radius 2 is 2.00 bits per heavy atom. The van der Waals surface area contributed by atoms with Gasteiger partial charge in [0.1, 0.15) is 5.75 Å². The summed E-state index contributed by atoms with van der Waals surface area (Å²) >= 11 is 0. The molecule has 0 bridgehead atoms. The Kier molecular flexibility index (Phi) is 3.88. The predicted octanol–water partition coefficient (Wildman–Crippen LogP) is 0.984. The number of aliphatic hydroxyl groups excluding tert-OH is 1. The van der Waals surface area contributed by atoms with Gasteiger partial charge in [-0.1, -0.05) is 0 Å². The summed E-state index contributed by atoms with van der Waals surface area (Å²) in [6.45, 7) is 3.98. The molecule has 0 amide bonds. The van der Waals surface area contributed by atoms with Crippen molar-refractivity contribution >= 4 is 0 Å². The molecule has 1 N–H and O–H groups in total. The SMILES string of the molecule is CC(C)Oc1ccc(-n2nnc(CCO)n2)cc1. The van der Waals surface area contributed by atoms with Crippen molar-refractivity contribution in [3.63, 3.8) is 0 Å². The molecule has 18 heavy (non-hydrogen) atoms. The van der Waals surface area contributed by atoms with E-state index < -0.39 is 0 Å². The summed E-state index contributed by atoms with van der Waals surface area (Å²) in [5.41, 5.74) is 0.808. The number of ether oxygens (including phenoxy) is 1. The van der Waals surface area contributed by atoms with E-state index in [0.717, 1.165) is 11.4 Å². The lowest BCUT2D eigenvalue weighted by molar-refractivity contribution is 0.242. The lowest BCUT2D eigenvalue weighted by Crippen LogP contribution is -2.06. The van der Waals surface area contributed by atoms with E-state index >= 15 is 0 Å². The monoisotopic (exact) mass is 248 g/mol. The van der Waals surface area contributed by atoms with Gasteiger partial charge in [-0.2, -0.15) is 0 Å². The Morgan fingerprint density at radius 3 is 2.61 bits per heavy atom. The maximum Gasteiger partial charge on any atom is 0.177 e. The van der Waals surface area contributed by atoms with Gasteiger partial charge in [0.2, 0.25) is 0 Å². The number of aliphatic hydroxyl groups is 1. The van der Waals surface area contributed by atoms with Gasteiger partial charge < -0.3 is 9.84 Å². The standard InChI is InChI=1S/C12H16N4O2/c1-9(2)18-11-5-3-10(4-6-11)16-14-12(7-8-17)13-15-16/h3-6,9,17H,7-8H2,1-2H3. The van der Waals surface area contributed by atoms with Crippen LogP contribution in [0.5, 0.6) is 5.75 Å². The molecule has 0 spiro atoms. The second-order valence-electron chi connectivity index (χ2n) is 4.13. The van der Waals surface area contributed by atoms with Gasteiger partial charge in [-0.15, -0.1) is 15.0 Å². The second kappa shape index (κ2) is 5.59. The average molecular weight is 248 g/mol. The number of nitrogens with zero attached hydrogens (tertiary/aromatic N) is 4. The molecule has 1 heterocycles. The molecule has 6 nitrogen and oxygen atoms in total. The molecule has 0 aliphatic carbocycles. The first-order chi connectivity index (χ1) is 8.69. The van der Waals surface area contributed by atoms with Crippen LogP contribution in [0.2, 0.25) is 0 Å². The number of hydrogen-bond acceptors (Lipinski definition) is 5. The fraction of sp³-hybridized carbons (Fsp3) is 0.417. The molecule has 0 fully saturated rings. The first-order valence-electron chi connectivity index (χ1n) is 5.86. The van der Waals surface area contributed by atoms with Gasteiger partial charge in [0.15, 0.2) is 5.82 Å². The molecule has 1 aromatic carbocycles. The minimum Gasteiger partial charge on any atom is -0.491 e. The average Bonchev–Trinajstić information content (AvgIpc) is 2.78. The smallest absolute Gasteiger partial charge is 0.177 e. The molecule has 0 saturated carbocycles. The van der Waals surface area contributed by atoms with E-state index in [9.17, 15) is 0 Å². The molecule has 0 atom stereocenters. The van der Waals surface area contributed by atoms with Crippen molar-refractivity contribution in [3.8, 4) is 11.4 Å². The van der Waals surface area contributed by atoms with Gasteiger partial charge in [0.05, 0.1) is 18.4 Å². The normalized spacial score (nSPS) is 10.9. The van der Waals surface area contributed by atoms with Gasteiger partial charge >= 0.3 is 0 Å². The molecule has 0 saturated heterocycles. The maximum atomic E-state index is 8.79. The van der Waals surface area contributed by atoms with E-state index in [4.69, 9.17) is 9.84 Å². The molecule has 96 valence electrons. The van der Waals surface area contributed by atoms with Crippen LogP contribution < -0.4 is 4.74 Å². The molecular weight excluding hydrogens is 232 g/mol. The highest BCUT2D eigenvalue weighted by molar-refractivity contribution is 5.35. The van der Waals surface area contributed by atoms with Crippen LogP contribution in [-0.2, 0) is 6.42 Å². The lowest BCUT2D eigenvalue weighted by Gasteiger charge is -2.09. The highest BCUT2D eigenvalue weighted by Gasteiger charge is 2.04. The highest BCUT2D eigenvalue weighted by atomic mass is 16.5. The van der Waals surface area contributed by atoms with Crippen molar-refractivity contribution in [1.82, 2.24) is 20.2 Å². The topological polar surface area (TPSA) is 73.1 Å². The summed E-state index contributed by atoms with van der Waals surface area (Å²) < 4.78 is 5.55. The van der Waals surface area contributed by atoms with Crippen LogP contribution >= 0.6 is 0 Å². The van der Waals surface area contributed by atoms with Crippen LogP contribution in [-0.4, -0.2) is 38.0 Å². The fourth-order valence-corrected chi connectivity index (χ4v) is 1.48. The van der Waals surface area contributed by atoms with E-state index in [0.29, 0.717) is 12.2 Å². The number of aromatic nitrogens is 4. The summed E-state index contributed by atoms with van der Waals surface area (Å²) in [5.74, 6) is 1.34. The third-order valence-corrected chi connectivity index (χ3v) is 2.23. The zero-order valence-corrected chi connectivity index (χ0v) is 10.4. The van der Waals surface area contributed by atoms with Gasteiger partial charge in [-0.3, -0.25) is 0 Å². The number of hydrogen-bond donors (Lipinski definition) is 1. The van der Waals surface area contributed by atoms with E-state index in [2.05, 4.69) is 15.4 Å². The Morgan fingerprint density at radius 1 is 1.28 bits per heavy atom. The zero-order chi connectivity index (χ0) is 13.0. The van der Waals surface area contributed by atoms with E-state index in [1.807, 2.05) is 38.1 Å². The first-order valence-corrected chi connectivity index (χ1v) is 5.86. The predicted molar refractivity (Wildman–Crippen MR) is 65.7 cm³/mol. The second-order valence-corrected chi connectivity index (χ2v) is 4.13. The summed E-state index contributed by atoms with van der Waals surface area (Å²) in [6, 6.07) is 7.46. The molecule has 0 radical (unpaired) electrons. The molecule has 0 aliphatic rings. The Balaban J connectivity index is 2.12. The third-order valence-electron chi connectivity index (χ3n) is 2.23. The van der Waals surface area contributed by atoms with Gasteiger partial charge in [-0.25, -0.2) is 0 Å². The first kappa shape index (κ1) is 12.5. The maximum absolute atomic E-state index is 8.79. The van der Waals surface area contributed by atoms with Crippen molar-refractivity contribution in [1.29, 1.82) is 0 Å². The number of benzene rings is 1. The van der Waals surface area contributed by atoms with Gasteiger partial charge in [0.25, 0.3) is 0 Å². The minimum atomic E-state index is 0.0207. The van der Waals surface area contributed by atoms with E-state index in [-0.39, 0.29) is 12.7 Å². The van der Waals surface area contributed by atoms with Crippen LogP contribution in [0.25, 0.3) is 5.69 Å². The molecule has 0 unspecified atom stereocenters. The van der Waals surface area contributed by atoms with E-state index in [1.54, 1.807) is 0 Å². The zero-order valence-electron chi connectivity index (χ0n) is 10.4. The summed E-state index contributed by atoms with van der Waals surface area (Å²) in [7, 11) is 0. The van der Waals surface area contributed by atoms with Crippen molar-refractivity contribution in [3.05, 3.63) is 30.1 Å². The quantitative estimate of drug-likeness (QED) is 0.854. The van der Waals surface area contributed by atoms with Gasteiger partial charge in [0, 0.05) is 6.42 Å². The fourth-order valence-electron chi connectivity index (χ4n) is 1.48. The molecular formula is C12H16N4O2. The van der Waals surface area contributed by atoms with Crippen LogP contribution in [0.1, 0.15) is 19.7 Å². The highest BCUT2D eigenvalue weighted by Crippen LogP contribution is 2.15. The molecule has 2 rings (SSSR count). The van der Waals surface area contributed by atoms with E-state index in [1.165, 1.54) is 4.80 Å². The Hall–Kier alpha value is -1.95. The lowest BCUT2D eigenvalue weighted by atomic mass is 10.3. The number of rotatable bonds is 5. The third kappa shape index (κ3) is 3.04. The summed E-state index contributed by atoms with van der Waals surface area (Å²) in [4.78, 5) is 1.43. The van der Waals surface area contributed by atoms with Crippen LogP contribution in [0.15, 0.2) is 24.3 Å². The summed E-state index contributed by atoms with van der Waals surface area (Å²) in [6.07, 6.45) is 0.561. The molecule has 2 aromatic rings. The van der Waals surface area contributed by atoms with Crippen LogP contribution in [0.3, 0.4) is 0 Å². The van der Waals surface area contributed by atoms with Crippen LogP contribution in [0.4, 0.5) is 0 Å². The van der Waals surface area contributed by atoms with Crippen molar-refractivity contribution < 1.29 is 9.84 Å². The summed E-state index contributed by atoms with van der Waals surface area (Å²) in [5, 5.41) is 20.7. The van der Waals surface area contributed by atoms with Gasteiger partial charge in [-0.05, 0) is 43.3 Å². The number of tetrazole rings is 1. The molecule has 0 aliphatic heterocycles. The molecule has 6 heteroatoms. The van der Waals surface area contributed by atoms with Crippen LogP contribution in [0, 0.1) is 0 Å². The largest absolute Gasteiger partial charge is 0.491 e. The van der Waals surface area contributed by atoms with Crippen molar-refractivity contribution in [2.24, 2.45) is 0 Å². The van der Waals surface area contributed by atoms with Crippen molar-refractivity contribution in [2.75, 3.05) is 6.61 Å².